The Morgan fingerprint density at radius 1 is 1.22 bits per heavy atom. The van der Waals surface area contributed by atoms with E-state index in [4.69, 9.17) is 33.5 Å². The number of carbonyl (C=O) groups is 1. The second kappa shape index (κ2) is 12.0. The van der Waals surface area contributed by atoms with Gasteiger partial charge < -0.3 is 18.8 Å². The fourth-order valence-electron chi connectivity index (χ4n) is 4.99. The van der Waals surface area contributed by atoms with Crippen molar-refractivity contribution in [2.75, 3.05) is 26.8 Å². The Morgan fingerprint density at radius 2 is 2.10 bits per heavy atom. The summed E-state index contributed by atoms with van der Waals surface area (Å²) < 4.78 is 49.2. The van der Waals surface area contributed by atoms with Crippen molar-refractivity contribution >= 4 is 34.2 Å². The minimum absolute atomic E-state index is 0.0541. The Balaban J connectivity index is 1.18. The Morgan fingerprint density at radius 3 is 2.83 bits per heavy atom. The van der Waals surface area contributed by atoms with Gasteiger partial charge >= 0.3 is 5.97 Å². The largest absolute Gasteiger partial charge is 0.473 e. The summed E-state index contributed by atoms with van der Waals surface area (Å²) in [6.45, 7) is 1.01. The lowest BCUT2D eigenvalue weighted by Gasteiger charge is -2.29. The molecule has 0 N–H and O–H groups in total. The number of methoxy groups -OCH3 is 1. The number of hydrogen-bond acceptors (Lipinski definition) is 7. The number of pyridine rings is 1. The molecule has 0 bridgehead atoms. The van der Waals surface area contributed by atoms with E-state index in [9.17, 15) is 9.18 Å². The van der Waals surface area contributed by atoms with Gasteiger partial charge in [-0.3, -0.25) is 4.90 Å². The number of fused-ring (bicyclic) bond motifs is 1. The zero-order valence-electron chi connectivity index (χ0n) is 24.5. The lowest BCUT2D eigenvalue weighted by atomic mass is 10.0. The van der Waals surface area contributed by atoms with E-state index in [1.165, 1.54) is 19.2 Å². The van der Waals surface area contributed by atoms with Crippen LogP contribution in [0.5, 0.6) is 5.88 Å². The van der Waals surface area contributed by atoms with E-state index in [-0.39, 0.29) is 28.5 Å². The molecule has 1 saturated heterocycles. The number of benzene rings is 2. The summed E-state index contributed by atoms with van der Waals surface area (Å²) >= 11 is 5.81. The van der Waals surface area contributed by atoms with Crippen LogP contribution in [-0.2, 0) is 29.1 Å². The van der Waals surface area contributed by atoms with Crippen LogP contribution in [0.2, 0.25) is 5.02 Å². The second-order valence-electron chi connectivity index (χ2n) is 10.0. The van der Waals surface area contributed by atoms with Crippen LogP contribution in [0, 0.1) is 5.82 Å². The number of ether oxygens (including phenoxy) is 3. The van der Waals surface area contributed by atoms with Gasteiger partial charge in [-0.1, -0.05) is 29.8 Å². The lowest BCUT2D eigenvalue weighted by Crippen LogP contribution is -2.33. The van der Waals surface area contributed by atoms with Gasteiger partial charge in [0.25, 0.3) is 0 Å². The molecule has 0 radical (unpaired) electrons. The highest BCUT2D eigenvalue weighted by molar-refractivity contribution is 6.30. The minimum Gasteiger partial charge on any atom is -0.473 e. The molecule has 0 aliphatic carbocycles. The predicted octanol–water partition coefficient (Wildman–Crippen LogP) is 5.67. The molecule has 2 aliphatic heterocycles. The third-order valence-corrected chi connectivity index (χ3v) is 7.57. The first-order chi connectivity index (χ1) is 20.7. The number of rotatable bonds is 9. The molecular weight excluding hydrogens is 547 g/mol. The van der Waals surface area contributed by atoms with Crippen LogP contribution >= 0.6 is 11.6 Å². The number of esters is 1. The molecule has 4 aromatic rings. The molecule has 2 aliphatic rings. The van der Waals surface area contributed by atoms with Crippen molar-refractivity contribution in [3.63, 3.8) is 0 Å². The number of carbonyl (C=O) groups excluding carboxylic acids is 1. The van der Waals surface area contributed by atoms with Crippen LogP contribution in [0.4, 0.5) is 4.39 Å². The predicted molar refractivity (Wildman–Crippen MR) is 153 cm³/mol. The van der Waals surface area contributed by atoms with Gasteiger partial charge in [-0.25, -0.2) is 19.2 Å². The summed E-state index contributed by atoms with van der Waals surface area (Å²) in [6.07, 6.45) is 3.92. The van der Waals surface area contributed by atoms with Gasteiger partial charge in [0, 0.05) is 36.3 Å². The smallest absolute Gasteiger partial charge is 0.337 e. The Hall–Kier alpha value is -3.79. The molecule has 1 fully saturated rings. The van der Waals surface area contributed by atoms with Crippen LogP contribution in [0.1, 0.15) is 43.0 Å². The molecule has 2 aromatic heterocycles. The van der Waals surface area contributed by atoms with Crippen molar-refractivity contribution in [2.45, 2.75) is 38.6 Å². The highest BCUT2D eigenvalue weighted by atomic mass is 35.5. The van der Waals surface area contributed by atoms with E-state index in [2.05, 4.69) is 20.5 Å². The maximum absolute atomic E-state index is 14.4. The fraction of sp³-hybridized carbons (Fsp3) is 0.323. The topological polar surface area (TPSA) is 78.7 Å². The monoisotopic (exact) mass is 578 g/mol. The molecule has 4 heterocycles. The molecule has 0 saturated carbocycles. The molecule has 0 amide bonds. The van der Waals surface area contributed by atoms with Crippen molar-refractivity contribution in [2.24, 2.45) is 0 Å². The van der Waals surface area contributed by atoms with Gasteiger partial charge in [0.05, 0.1) is 51.3 Å². The molecule has 8 nitrogen and oxygen atoms in total. The van der Waals surface area contributed by atoms with Crippen LogP contribution in [-0.4, -0.2) is 58.3 Å². The van der Waals surface area contributed by atoms with E-state index in [1.807, 2.05) is 18.2 Å². The molecule has 0 spiro atoms. The number of aromatic nitrogens is 3. The van der Waals surface area contributed by atoms with Gasteiger partial charge in [0.2, 0.25) is 5.88 Å². The van der Waals surface area contributed by atoms with Gasteiger partial charge in [0.1, 0.15) is 18.2 Å². The number of imidazole rings is 1. The fourth-order valence-corrected chi connectivity index (χ4v) is 5.15. The van der Waals surface area contributed by atoms with Crippen molar-refractivity contribution in [3.8, 4) is 5.88 Å². The summed E-state index contributed by atoms with van der Waals surface area (Å²) in [5, 5.41) is 0.174. The van der Waals surface area contributed by atoms with Gasteiger partial charge in [0.15, 0.2) is 0 Å². The van der Waals surface area contributed by atoms with Crippen LogP contribution in [0.3, 0.4) is 0 Å². The minimum atomic E-state index is -2.44. The SMILES string of the molecule is [2H]C([2H])(Oc1cccc(C2=CCN(Cc3nc4ccc(C(=O)OC)cc4n3C[C@@H]3CCO3)CC2)n1)c1ccc(Cl)cc1F. The van der Waals surface area contributed by atoms with E-state index in [0.717, 1.165) is 48.1 Å². The molecule has 10 heteroatoms. The van der Waals surface area contributed by atoms with Gasteiger partial charge in [-0.15, -0.1) is 0 Å². The molecule has 41 heavy (non-hydrogen) atoms. The summed E-state index contributed by atoms with van der Waals surface area (Å²) in [7, 11) is 1.37. The standard InChI is InChI=1S/C31H30ClFN4O4/c1-39-31(38)21-6-8-27-28(15-21)37(17-24-11-14-40-24)29(34-27)18-36-12-9-20(10-13-36)26-3-2-4-30(35-26)41-19-22-5-7-23(32)16-25(22)33/h2-9,15-16,24H,10-14,17-19H2,1H3/t24-/m0/s1/i19D2. The zero-order chi connectivity index (χ0) is 30.1. The van der Waals surface area contributed by atoms with E-state index < -0.39 is 12.4 Å². The van der Waals surface area contributed by atoms with E-state index >= 15 is 0 Å². The molecule has 2 aromatic carbocycles. The van der Waals surface area contributed by atoms with Gasteiger partial charge in [-0.05, 0) is 54.8 Å². The molecular formula is C31H30ClFN4O4. The highest BCUT2D eigenvalue weighted by Crippen LogP contribution is 2.27. The maximum atomic E-state index is 14.4. The van der Waals surface area contributed by atoms with Crippen molar-refractivity contribution in [3.05, 3.63) is 94.2 Å². The number of nitrogens with zero attached hydrogens (tertiary/aromatic N) is 4. The average molecular weight is 579 g/mol. The first-order valence-electron chi connectivity index (χ1n) is 14.4. The van der Waals surface area contributed by atoms with E-state index in [1.54, 1.807) is 18.2 Å². The van der Waals surface area contributed by atoms with Crippen molar-refractivity contribution in [1.82, 2.24) is 19.4 Å². The first kappa shape index (κ1) is 25.0. The second-order valence-corrected chi connectivity index (χ2v) is 10.5. The Bertz CT molecular complexity index is 1710. The summed E-state index contributed by atoms with van der Waals surface area (Å²) in [6, 6.07) is 14.3. The zero-order valence-corrected chi connectivity index (χ0v) is 23.2. The van der Waals surface area contributed by atoms with Crippen LogP contribution in [0.15, 0.2) is 60.7 Å². The first-order valence-corrected chi connectivity index (χ1v) is 13.8. The van der Waals surface area contributed by atoms with E-state index in [0.29, 0.717) is 37.3 Å². The quantitative estimate of drug-likeness (QED) is 0.237. The number of halogens is 2. The summed E-state index contributed by atoms with van der Waals surface area (Å²) in [4.78, 5) is 23.9. The van der Waals surface area contributed by atoms with Crippen LogP contribution < -0.4 is 4.74 Å². The maximum Gasteiger partial charge on any atom is 0.337 e. The van der Waals surface area contributed by atoms with Crippen molar-refractivity contribution in [1.29, 1.82) is 0 Å². The molecule has 212 valence electrons. The summed E-state index contributed by atoms with van der Waals surface area (Å²) in [5.74, 6) is -0.226. The molecule has 0 unspecified atom stereocenters. The Kier molecular flexibility index (Phi) is 7.29. The molecule has 6 rings (SSSR count). The van der Waals surface area contributed by atoms with Crippen molar-refractivity contribution < 1.29 is 26.1 Å². The Labute approximate surface area is 245 Å². The van der Waals surface area contributed by atoms with Crippen LogP contribution in [0.25, 0.3) is 16.6 Å². The molecule has 1 atom stereocenters. The van der Waals surface area contributed by atoms with Gasteiger partial charge in [-0.2, -0.15) is 0 Å². The normalized spacial score (nSPS) is 18.3. The summed E-state index contributed by atoms with van der Waals surface area (Å²) in [5.41, 5.74) is 3.60. The highest BCUT2D eigenvalue weighted by Gasteiger charge is 2.24. The number of hydrogen-bond donors (Lipinski definition) is 0. The third-order valence-electron chi connectivity index (χ3n) is 7.34. The third kappa shape index (κ3) is 6.12. The average Bonchev–Trinajstić information content (AvgIpc) is 3.30. The lowest BCUT2D eigenvalue weighted by molar-refractivity contribution is -0.0591.